The number of sulfonamides is 1. The summed E-state index contributed by atoms with van der Waals surface area (Å²) >= 11 is 0. The number of pyridine rings is 1. The maximum Gasteiger partial charge on any atom is 0.328 e. The number of aliphatic hydroxyl groups is 1. The number of carbonyl (C=O) groups is 3. The largest absolute Gasteiger partial charge is 0.497 e. The molecule has 2 heterocycles. The summed E-state index contributed by atoms with van der Waals surface area (Å²) in [5.74, 6) is -0.350. The second kappa shape index (κ2) is 17.4. The van der Waals surface area contributed by atoms with E-state index in [2.05, 4.69) is 10.3 Å². The number of imide groups is 1. The molecule has 3 atom stereocenters. The lowest BCUT2D eigenvalue weighted by Gasteiger charge is -2.34. The van der Waals surface area contributed by atoms with Gasteiger partial charge in [-0.3, -0.25) is 19.5 Å². The SMILES string of the molecule is COc1ccc(S(=O)(=O)N(CC(C)C)C[C@H](O)[C@H](Cc2ccccc2)NC(=O)[C@H](C(C)C)N2CC(=O)N(Cc3ccc4cc(OC)ccc4n3)C2=O)cc1. The molecule has 0 bridgehead atoms. The molecule has 4 amide bonds. The highest BCUT2D eigenvalue weighted by atomic mass is 32.2. The van der Waals surface area contributed by atoms with E-state index < -0.39 is 52.0 Å². The number of aromatic nitrogens is 1. The molecule has 1 aliphatic heterocycles. The Labute approximate surface area is 316 Å². The fraction of sp³-hybridized carbons (Fsp3) is 0.400. The van der Waals surface area contributed by atoms with E-state index in [1.54, 1.807) is 51.3 Å². The van der Waals surface area contributed by atoms with Crippen molar-refractivity contribution in [1.82, 2.24) is 24.4 Å². The summed E-state index contributed by atoms with van der Waals surface area (Å²) < 4.78 is 39.5. The molecule has 1 aliphatic rings. The van der Waals surface area contributed by atoms with E-state index in [4.69, 9.17) is 9.47 Å². The number of amides is 4. The van der Waals surface area contributed by atoms with Gasteiger partial charge in [-0.2, -0.15) is 4.31 Å². The average molecular weight is 760 g/mol. The minimum Gasteiger partial charge on any atom is -0.497 e. The van der Waals surface area contributed by atoms with Crippen LogP contribution in [0.25, 0.3) is 10.9 Å². The molecule has 0 aliphatic carbocycles. The first-order chi connectivity index (χ1) is 25.7. The molecule has 54 heavy (non-hydrogen) atoms. The van der Waals surface area contributed by atoms with Gasteiger partial charge in [0.25, 0.3) is 5.91 Å². The predicted octanol–water partition coefficient (Wildman–Crippen LogP) is 4.48. The standard InChI is InChI=1S/C40H49N5O8S/c1-26(2)22-43(54(50,51)33-17-14-31(52-5)15-18-33)24-36(46)35(20-28-10-8-7-9-11-28)42-39(48)38(27(3)4)45-25-37(47)44(40(45)49)23-30-13-12-29-21-32(53-6)16-19-34(29)41-30/h7-19,21,26-27,35-36,38,46H,20,22-25H2,1-6H3,(H,42,48)/t35-,36-,38-/m0/s1. The van der Waals surface area contributed by atoms with Crippen molar-refractivity contribution in [3.8, 4) is 11.5 Å². The summed E-state index contributed by atoms with van der Waals surface area (Å²) in [5.41, 5.74) is 1.98. The molecule has 0 radical (unpaired) electrons. The number of carbonyl (C=O) groups excluding carboxylic acids is 3. The molecule has 0 unspecified atom stereocenters. The molecule has 5 rings (SSSR count). The number of ether oxygens (including phenoxy) is 2. The van der Waals surface area contributed by atoms with Crippen molar-refractivity contribution in [2.75, 3.05) is 33.9 Å². The van der Waals surface area contributed by atoms with Crippen molar-refractivity contribution in [3.05, 3.63) is 96.2 Å². The van der Waals surface area contributed by atoms with Gasteiger partial charge in [0.1, 0.15) is 24.1 Å². The van der Waals surface area contributed by atoms with Crippen molar-refractivity contribution in [1.29, 1.82) is 0 Å². The van der Waals surface area contributed by atoms with E-state index in [0.29, 0.717) is 22.7 Å². The van der Waals surface area contributed by atoms with Gasteiger partial charge in [-0.15, -0.1) is 0 Å². The molecule has 0 spiro atoms. The monoisotopic (exact) mass is 759 g/mol. The average Bonchev–Trinajstić information content (AvgIpc) is 3.41. The molecular formula is C40H49N5O8S. The third-order valence-electron chi connectivity index (χ3n) is 9.34. The smallest absolute Gasteiger partial charge is 0.328 e. The van der Waals surface area contributed by atoms with E-state index in [1.165, 1.54) is 28.4 Å². The van der Waals surface area contributed by atoms with Crippen LogP contribution in [-0.2, 0) is 32.6 Å². The van der Waals surface area contributed by atoms with E-state index in [0.717, 1.165) is 15.8 Å². The van der Waals surface area contributed by atoms with E-state index in [-0.39, 0.29) is 43.4 Å². The van der Waals surface area contributed by atoms with Gasteiger partial charge in [-0.25, -0.2) is 13.2 Å². The number of hydrogen-bond donors (Lipinski definition) is 2. The molecule has 14 heteroatoms. The van der Waals surface area contributed by atoms with Gasteiger partial charge in [-0.05, 0) is 72.4 Å². The van der Waals surface area contributed by atoms with E-state index in [1.807, 2.05) is 56.3 Å². The van der Waals surface area contributed by atoms with Crippen LogP contribution in [0.1, 0.15) is 39.0 Å². The number of nitrogens with zero attached hydrogens (tertiary/aromatic N) is 4. The maximum atomic E-state index is 14.2. The maximum absolute atomic E-state index is 14.2. The zero-order valence-electron chi connectivity index (χ0n) is 31.5. The molecule has 1 saturated heterocycles. The minimum atomic E-state index is -4.06. The Hall–Kier alpha value is -5.05. The summed E-state index contributed by atoms with van der Waals surface area (Å²) in [7, 11) is -0.987. The zero-order valence-corrected chi connectivity index (χ0v) is 32.3. The van der Waals surface area contributed by atoms with Crippen molar-refractivity contribution in [2.45, 2.75) is 63.7 Å². The molecule has 288 valence electrons. The number of benzene rings is 3. The van der Waals surface area contributed by atoms with Gasteiger partial charge in [0.05, 0.1) is 49.0 Å². The van der Waals surface area contributed by atoms with Crippen LogP contribution in [0, 0.1) is 11.8 Å². The molecule has 1 fully saturated rings. The fourth-order valence-corrected chi connectivity index (χ4v) is 8.21. The lowest BCUT2D eigenvalue weighted by molar-refractivity contribution is -0.129. The second-order valence-electron chi connectivity index (χ2n) is 14.2. The number of aliphatic hydroxyl groups excluding tert-OH is 1. The molecule has 1 aromatic heterocycles. The first-order valence-electron chi connectivity index (χ1n) is 17.9. The summed E-state index contributed by atoms with van der Waals surface area (Å²) in [4.78, 5) is 48.4. The minimum absolute atomic E-state index is 0.0422. The van der Waals surface area contributed by atoms with Gasteiger partial charge < -0.3 is 24.8 Å². The van der Waals surface area contributed by atoms with E-state index >= 15 is 0 Å². The topological polar surface area (TPSA) is 159 Å². The number of methoxy groups -OCH3 is 2. The van der Waals surface area contributed by atoms with Crippen LogP contribution in [0.15, 0.2) is 89.8 Å². The first-order valence-corrected chi connectivity index (χ1v) is 19.4. The van der Waals surface area contributed by atoms with Crippen LogP contribution in [0.5, 0.6) is 11.5 Å². The highest BCUT2D eigenvalue weighted by molar-refractivity contribution is 7.89. The Morgan fingerprint density at radius 1 is 0.907 bits per heavy atom. The predicted molar refractivity (Wildman–Crippen MR) is 204 cm³/mol. The quantitative estimate of drug-likeness (QED) is 0.148. The second-order valence-corrected chi connectivity index (χ2v) is 16.1. The van der Waals surface area contributed by atoms with Gasteiger partial charge in [-0.1, -0.05) is 64.1 Å². The molecule has 2 N–H and O–H groups in total. The molecule has 4 aromatic rings. The van der Waals surface area contributed by atoms with Crippen LogP contribution in [0.2, 0.25) is 0 Å². The van der Waals surface area contributed by atoms with Crippen molar-refractivity contribution < 1.29 is 37.4 Å². The molecule has 3 aromatic carbocycles. The summed E-state index contributed by atoms with van der Waals surface area (Å²) in [6.45, 7) is 6.73. The Morgan fingerprint density at radius 3 is 2.20 bits per heavy atom. The number of hydrogen-bond acceptors (Lipinski definition) is 9. The van der Waals surface area contributed by atoms with Crippen LogP contribution >= 0.6 is 0 Å². The van der Waals surface area contributed by atoms with Gasteiger partial charge in [0, 0.05) is 18.5 Å². The number of rotatable bonds is 17. The molecule has 13 nitrogen and oxygen atoms in total. The number of nitrogens with one attached hydrogen (secondary N) is 1. The number of urea groups is 1. The summed E-state index contributed by atoms with van der Waals surface area (Å²) in [6, 6.07) is 21.6. The van der Waals surface area contributed by atoms with Crippen LogP contribution in [0.4, 0.5) is 4.79 Å². The lowest BCUT2D eigenvalue weighted by Crippen LogP contribution is -2.57. The van der Waals surface area contributed by atoms with Crippen LogP contribution < -0.4 is 14.8 Å². The van der Waals surface area contributed by atoms with Gasteiger partial charge in [0.2, 0.25) is 15.9 Å². The third-order valence-corrected chi connectivity index (χ3v) is 11.2. The van der Waals surface area contributed by atoms with Crippen LogP contribution in [0.3, 0.4) is 0 Å². The fourth-order valence-electron chi connectivity index (χ4n) is 6.59. The first kappa shape index (κ1) is 40.1. The Balaban J connectivity index is 1.37. The lowest BCUT2D eigenvalue weighted by atomic mass is 9.97. The van der Waals surface area contributed by atoms with Crippen molar-refractivity contribution >= 4 is 38.8 Å². The molecular weight excluding hydrogens is 711 g/mol. The van der Waals surface area contributed by atoms with Crippen molar-refractivity contribution in [3.63, 3.8) is 0 Å². The Morgan fingerprint density at radius 2 is 1.57 bits per heavy atom. The van der Waals surface area contributed by atoms with Crippen LogP contribution in [-0.4, -0.2) is 103 Å². The molecule has 0 saturated carbocycles. The number of fused-ring (bicyclic) bond motifs is 1. The Kier molecular flexibility index (Phi) is 12.9. The highest BCUT2D eigenvalue weighted by Crippen LogP contribution is 2.25. The van der Waals surface area contributed by atoms with Gasteiger partial charge in [0.15, 0.2) is 0 Å². The highest BCUT2D eigenvalue weighted by Gasteiger charge is 2.44. The summed E-state index contributed by atoms with van der Waals surface area (Å²) in [6.07, 6.45) is -1.17. The van der Waals surface area contributed by atoms with E-state index in [9.17, 15) is 27.9 Å². The summed E-state index contributed by atoms with van der Waals surface area (Å²) in [5, 5.41) is 15.6. The van der Waals surface area contributed by atoms with Crippen molar-refractivity contribution in [2.24, 2.45) is 11.8 Å². The van der Waals surface area contributed by atoms with Gasteiger partial charge >= 0.3 is 6.03 Å². The zero-order chi connectivity index (χ0) is 39.2. The third kappa shape index (κ3) is 9.35. The Bertz CT molecular complexity index is 2040. The normalized spacial score (nSPS) is 15.3.